The van der Waals surface area contributed by atoms with E-state index in [1.165, 1.54) is 0 Å². The molecule has 0 aromatic carbocycles. The molecule has 92 valence electrons. The highest BCUT2D eigenvalue weighted by molar-refractivity contribution is 6.16. The molecule has 4 heteroatoms. The number of nitrogens with zero attached hydrogens (tertiary/aromatic N) is 3. The highest BCUT2D eigenvalue weighted by atomic mass is 35.5. The predicted molar refractivity (Wildman–Crippen MR) is 71.4 cm³/mol. The maximum absolute atomic E-state index is 6.01. The van der Waals surface area contributed by atoms with Gasteiger partial charge in [0.2, 0.25) is 0 Å². The zero-order valence-electron chi connectivity index (χ0n) is 10.8. The number of aromatic nitrogens is 3. The van der Waals surface area contributed by atoms with Crippen molar-refractivity contribution in [2.75, 3.05) is 0 Å². The van der Waals surface area contributed by atoms with Crippen molar-refractivity contribution in [3.05, 3.63) is 23.7 Å². The summed E-state index contributed by atoms with van der Waals surface area (Å²) in [5.74, 6) is 1.31. The van der Waals surface area contributed by atoms with Crippen molar-refractivity contribution in [3.8, 4) is 0 Å². The first-order valence-electron chi connectivity index (χ1n) is 5.90. The SMILES string of the molecule is CCC(C)(C)n1c(CCl)nc2c(C)ccnc21. The lowest BCUT2D eigenvalue weighted by Crippen LogP contribution is -2.27. The summed E-state index contributed by atoms with van der Waals surface area (Å²) in [5, 5.41) is 0. The highest BCUT2D eigenvalue weighted by Crippen LogP contribution is 2.28. The molecule has 0 radical (unpaired) electrons. The lowest BCUT2D eigenvalue weighted by atomic mass is 10.0. The third kappa shape index (κ3) is 1.93. The molecular weight excluding hydrogens is 234 g/mol. The van der Waals surface area contributed by atoms with E-state index in [0.717, 1.165) is 29.0 Å². The zero-order valence-corrected chi connectivity index (χ0v) is 11.5. The van der Waals surface area contributed by atoms with Crippen molar-refractivity contribution in [1.29, 1.82) is 0 Å². The van der Waals surface area contributed by atoms with Crippen LogP contribution in [0.3, 0.4) is 0 Å². The second kappa shape index (κ2) is 4.30. The third-order valence-corrected chi connectivity index (χ3v) is 3.65. The van der Waals surface area contributed by atoms with E-state index in [1.54, 1.807) is 0 Å². The van der Waals surface area contributed by atoms with E-state index in [9.17, 15) is 0 Å². The van der Waals surface area contributed by atoms with Gasteiger partial charge in [0.25, 0.3) is 0 Å². The minimum atomic E-state index is -0.0141. The fourth-order valence-corrected chi connectivity index (χ4v) is 2.20. The molecule has 0 unspecified atom stereocenters. The Morgan fingerprint density at radius 3 is 2.71 bits per heavy atom. The van der Waals surface area contributed by atoms with E-state index in [1.807, 2.05) is 12.3 Å². The maximum Gasteiger partial charge on any atom is 0.160 e. The van der Waals surface area contributed by atoms with E-state index in [0.29, 0.717) is 5.88 Å². The Morgan fingerprint density at radius 2 is 2.12 bits per heavy atom. The smallest absolute Gasteiger partial charge is 0.160 e. The van der Waals surface area contributed by atoms with Crippen LogP contribution in [-0.2, 0) is 11.4 Å². The topological polar surface area (TPSA) is 30.7 Å². The van der Waals surface area contributed by atoms with Crippen LogP contribution in [0.2, 0.25) is 0 Å². The lowest BCUT2D eigenvalue weighted by Gasteiger charge is -2.27. The monoisotopic (exact) mass is 251 g/mol. The minimum absolute atomic E-state index is 0.0141. The van der Waals surface area contributed by atoms with Gasteiger partial charge in [0.15, 0.2) is 5.65 Å². The van der Waals surface area contributed by atoms with Gasteiger partial charge in [-0.25, -0.2) is 9.97 Å². The minimum Gasteiger partial charge on any atom is -0.306 e. The fourth-order valence-electron chi connectivity index (χ4n) is 2.02. The molecule has 3 nitrogen and oxygen atoms in total. The Bertz CT molecular complexity index is 543. The van der Waals surface area contributed by atoms with Gasteiger partial charge in [-0.3, -0.25) is 0 Å². The average molecular weight is 252 g/mol. The molecule has 0 saturated heterocycles. The number of pyridine rings is 1. The van der Waals surface area contributed by atoms with E-state index >= 15 is 0 Å². The summed E-state index contributed by atoms with van der Waals surface area (Å²) in [6.07, 6.45) is 2.84. The number of fused-ring (bicyclic) bond motifs is 1. The first-order chi connectivity index (χ1) is 8.01. The van der Waals surface area contributed by atoms with Gasteiger partial charge in [-0.05, 0) is 38.8 Å². The number of hydrogen-bond acceptors (Lipinski definition) is 2. The first kappa shape index (κ1) is 12.4. The van der Waals surface area contributed by atoms with Crippen LogP contribution < -0.4 is 0 Å². The van der Waals surface area contributed by atoms with Gasteiger partial charge in [0.1, 0.15) is 11.3 Å². The molecule has 0 aliphatic heterocycles. The molecule has 17 heavy (non-hydrogen) atoms. The summed E-state index contributed by atoms with van der Waals surface area (Å²) in [6.45, 7) is 8.60. The number of hydrogen-bond donors (Lipinski definition) is 0. The molecule has 2 aromatic rings. The quantitative estimate of drug-likeness (QED) is 0.780. The summed E-state index contributed by atoms with van der Waals surface area (Å²) in [6, 6.07) is 1.98. The summed E-state index contributed by atoms with van der Waals surface area (Å²) in [5.41, 5.74) is 3.03. The molecule has 0 aliphatic carbocycles. The van der Waals surface area contributed by atoms with Gasteiger partial charge in [-0.1, -0.05) is 6.92 Å². The Balaban J connectivity index is 2.80. The molecule has 0 bridgehead atoms. The largest absolute Gasteiger partial charge is 0.306 e. The van der Waals surface area contributed by atoms with E-state index in [-0.39, 0.29) is 5.54 Å². The summed E-state index contributed by atoms with van der Waals surface area (Å²) >= 11 is 6.01. The Kier molecular flexibility index (Phi) is 3.13. The second-order valence-electron chi connectivity index (χ2n) is 4.96. The Labute approximate surface area is 107 Å². The number of aryl methyl sites for hydroxylation is 1. The lowest BCUT2D eigenvalue weighted by molar-refractivity contribution is 0.342. The van der Waals surface area contributed by atoms with Gasteiger partial charge in [0, 0.05) is 11.7 Å². The molecule has 0 aliphatic rings. The molecule has 2 aromatic heterocycles. The summed E-state index contributed by atoms with van der Waals surface area (Å²) in [7, 11) is 0. The number of halogens is 1. The average Bonchev–Trinajstić information content (AvgIpc) is 2.69. The third-order valence-electron chi connectivity index (χ3n) is 3.41. The molecule has 0 N–H and O–H groups in total. The number of alkyl halides is 1. The molecular formula is C13H18ClN3. The molecule has 0 atom stereocenters. The van der Waals surface area contributed by atoms with Gasteiger partial charge >= 0.3 is 0 Å². The number of imidazole rings is 1. The molecule has 0 amide bonds. The van der Waals surface area contributed by atoms with Gasteiger partial charge in [-0.2, -0.15) is 0 Å². The molecule has 2 heterocycles. The summed E-state index contributed by atoms with van der Waals surface area (Å²) in [4.78, 5) is 9.08. The first-order valence-corrected chi connectivity index (χ1v) is 6.44. The predicted octanol–water partition coefficient (Wildman–Crippen LogP) is 3.62. The number of rotatable bonds is 3. The van der Waals surface area contributed by atoms with Gasteiger partial charge < -0.3 is 4.57 Å². The zero-order chi connectivity index (χ0) is 12.6. The van der Waals surface area contributed by atoms with Crippen LogP contribution in [-0.4, -0.2) is 14.5 Å². The van der Waals surface area contributed by atoms with Crippen LogP contribution >= 0.6 is 11.6 Å². The van der Waals surface area contributed by atoms with Crippen LogP contribution in [0, 0.1) is 6.92 Å². The van der Waals surface area contributed by atoms with Crippen molar-refractivity contribution < 1.29 is 0 Å². The molecule has 0 fully saturated rings. The molecule has 2 rings (SSSR count). The van der Waals surface area contributed by atoms with Crippen molar-refractivity contribution >= 4 is 22.8 Å². The van der Waals surface area contributed by atoms with Crippen LogP contribution in [0.15, 0.2) is 12.3 Å². The fraction of sp³-hybridized carbons (Fsp3) is 0.538. The van der Waals surface area contributed by atoms with Crippen molar-refractivity contribution in [1.82, 2.24) is 14.5 Å². The van der Waals surface area contributed by atoms with Crippen LogP contribution in [0.25, 0.3) is 11.2 Å². The van der Waals surface area contributed by atoms with Crippen LogP contribution in [0.5, 0.6) is 0 Å². The highest BCUT2D eigenvalue weighted by Gasteiger charge is 2.25. The normalized spacial score (nSPS) is 12.3. The standard InChI is InChI=1S/C13H18ClN3/c1-5-13(3,4)17-10(8-14)16-11-9(2)6-7-15-12(11)17/h6-7H,5,8H2,1-4H3. The van der Waals surface area contributed by atoms with E-state index in [4.69, 9.17) is 11.6 Å². The van der Waals surface area contributed by atoms with Crippen LogP contribution in [0.1, 0.15) is 38.6 Å². The second-order valence-corrected chi connectivity index (χ2v) is 5.23. The summed E-state index contributed by atoms with van der Waals surface area (Å²) < 4.78 is 2.17. The van der Waals surface area contributed by atoms with Crippen LogP contribution in [0.4, 0.5) is 0 Å². The Hall–Kier alpha value is -1.09. The maximum atomic E-state index is 6.01. The molecule has 0 spiro atoms. The Morgan fingerprint density at radius 1 is 1.41 bits per heavy atom. The molecule has 0 saturated carbocycles. The van der Waals surface area contributed by atoms with Crippen molar-refractivity contribution in [2.45, 2.75) is 45.5 Å². The van der Waals surface area contributed by atoms with Crippen molar-refractivity contribution in [2.24, 2.45) is 0 Å². The van der Waals surface area contributed by atoms with E-state index in [2.05, 4.69) is 42.2 Å². The van der Waals surface area contributed by atoms with Gasteiger partial charge in [0.05, 0.1) is 5.88 Å². The van der Waals surface area contributed by atoms with Gasteiger partial charge in [-0.15, -0.1) is 11.6 Å². The van der Waals surface area contributed by atoms with E-state index < -0.39 is 0 Å². The van der Waals surface area contributed by atoms with Crippen molar-refractivity contribution in [3.63, 3.8) is 0 Å².